The van der Waals surface area contributed by atoms with Crippen molar-refractivity contribution in [2.24, 2.45) is 0 Å². The summed E-state index contributed by atoms with van der Waals surface area (Å²) in [6, 6.07) is 5.71. The third-order valence-electron chi connectivity index (χ3n) is 2.06. The lowest BCUT2D eigenvalue weighted by Crippen LogP contribution is -1.87. The molecule has 1 heterocycles. The summed E-state index contributed by atoms with van der Waals surface area (Å²) in [5.74, 6) is 0.290. The van der Waals surface area contributed by atoms with Gasteiger partial charge >= 0.3 is 0 Å². The summed E-state index contributed by atoms with van der Waals surface area (Å²) in [7, 11) is 0. The molecule has 0 aliphatic carbocycles. The number of halogens is 1. The SMILES string of the molecule is CSc1cccc(Cl)c1-c1cnoc1N. The molecule has 1 aromatic heterocycles. The second-order valence-electron chi connectivity index (χ2n) is 2.92. The Bertz CT molecular complexity index is 484. The monoisotopic (exact) mass is 240 g/mol. The van der Waals surface area contributed by atoms with Gasteiger partial charge < -0.3 is 10.3 Å². The zero-order valence-electron chi connectivity index (χ0n) is 8.03. The van der Waals surface area contributed by atoms with Crippen LogP contribution in [0, 0.1) is 0 Å². The molecule has 0 unspecified atom stereocenters. The largest absolute Gasteiger partial charge is 0.367 e. The zero-order valence-corrected chi connectivity index (χ0v) is 9.60. The Kier molecular flexibility index (Phi) is 2.88. The number of nitrogens with two attached hydrogens (primary N) is 1. The van der Waals surface area contributed by atoms with Crippen molar-refractivity contribution < 1.29 is 4.52 Å². The number of rotatable bonds is 2. The minimum absolute atomic E-state index is 0.290. The molecular formula is C10H9ClN2OS. The van der Waals surface area contributed by atoms with Crippen molar-refractivity contribution in [1.29, 1.82) is 0 Å². The molecule has 0 radical (unpaired) electrons. The van der Waals surface area contributed by atoms with Gasteiger partial charge in [0.1, 0.15) is 0 Å². The number of hydrogen-bond donors (Lipinski definition) is 1. The Morgan fingerprint density at radius 2 is 2.27 bits per heavy atom. The molecule has 3 nitrogen and oxygen atoms in total. The van der Waals surface area contributed by atoms with Crippen molar-refractivity contribution in [3.05, 3.63) is 29.4 Å². The Labute approximate surface area is 96.6 Å². The van der Waals surface area contributed by atoms with Crippen LogP contribution in [0.15, 0.2) is 33.8 Å². The number of aromatic nitrogens is 1. The lowest BCUT2D eigenvalue weighted by molar-refractivity contribution is 0.436. The Balaban J connectivity index is 2.66. The molecule has 2 aromatic rings. The predicted octanol–water partition coefficient (Wildman–Crippen LogP) is 3.30. The first-order valence-electron chi connectivity index (χ1n) is 4.27. The fourth-order valence-corrected chi connectivity index (χ4v) is 2.34. The van der Waals surface area contributed by atoms with Gasteiger partial charge in [0.05, 0.1) is 11.8 Å². The highest BCUT2D eigenvalue weighted by Gasteiger charge is 2.14. The summed E-state index contributed by atoms with van der Waals surface area (Å²) in [5, 5.41) is 4.30. The molecule has 0 bridgehead atoms. The molecule has 0 atom stereocenters. The van der Waals surface area contributed by atoms with Gasteiger partial charge in [-0.05, 0) is 18.4 Å². The molecule has 5 heteroatoms. The fourth-order valence-electron chi connectivity index (χ4n) is 1.37. The molecule has 2 rings (SSSR count). The van der Waals surface area contributed by atoms with Gasteiger partial charge in [-0.1, -0.05) is 22.8 Å². The van der Waals surface area contributed by atoms with E-state index in [1.165, 1.54) is 0 Å². The third kappa shape index (κ3) is 1.82. The summed E-state index contributed by atoms with van der Waals surface area (Å²) in [6.07, 6.45) is 3.56. The first-order chi connectivity index (χ1) is 7.24. The minimum Gasteiger partial charge on any atom is -0.367 e. The molecule has 1 aromatic carbocycles. The summed E-state index contributed by atoms with van der Waals surface area (Å²) >= 11 is 7.74. The Morgan fingerprint density at radius 3 is 2.87 bits per heavy atom. The van der Waals surface area contributed by atoms with Crippen molar-refractivity contribution in [3.8, 4) is 11.1 Å². The van der Waals surface area contributed by atoms with Crippen LogP contribution in [-0.4, -0.2) is 11.4 Å². The second kappa shape index (κ2) is 4.16. The van der Waals surface area contributed by atoms with E-state index >= 15 is 0 Å². The van der Waals surface area contributed by atoms with Crippen LogP contribution in [0.1, 0.15) is 0 Å². The number of nitrogens with zero attached hydrogens (tertiary/aromatic N) is 1. The van der Waals surface area contributed by atoms with Gasteiger partial charge in [-0.3, -0.25) is 0 Å². The van der Waals surface area contributed by atoms with Gasteiger partial charge in [-0.15, -0.1) is 11.8 Å². The number of benzene rings is 1. The molecule has 0 amide bonds. The highest BCUT2D eigenvalue weighted by Crippen LogP contribution is 2.38. The first-order valence-corrected chi connectivity index (χ1v) is 5.87. The molecule has 2 N–H and O–H groups in total. The van der Waals surface area contributed by atoms with Crippen molar-refractivity contribution in [3.63, 3.8) is 0 Å². The van der Waals surface area contributed by atoms with Crippen LogP contribution < -0.4 is 5.73 Å². The molecule has 78 valence electrons. The van der Waals surface area contributed by atoms with Crippen molar-refractivity contribution >= 4 is 29.2 Å². The van der Waals surface area contributed by atoms with E-state index in [0.29, 0.717) is 10.9 Å². The van der Waals surface area contributed by atoms with Gasteiger partial charge in [0, 0.05) is 15.5 Å². The maximum atomic E-state index is 6.13. The third-order valence-corrected chi connectivity index (χ3v) is 3.16. The maximum Gasteiger partial charge on any atom is 0.230 e. The quantitative estimate of drug-likeness (QED) is 0.819. The molecule has 0 saturated carbocycles. The van der Waals surface area contributed by atoms with E-state index in [2.05, 4.69) is 5.16 Å². The predicted molar refractivity (Wildman–Crippen MR) is 63.1 cm³/mol. The molecule has 0 saturated heterocycles. The van der Waals surface area contributed by atoms with Gasteiger partial charge in [-0.25, -0.2) is 0 Å². The van der Waals surface area contributed by atoms with E-state index in [0.717, 1.165) is 16.0 Å². The zero-order chi connectivity index (χ0) is 10.8. The number of thioether (sulfide) groups is 1. The molecule has 0 aliphatic heterocycles. The van der Waals surface area contributed by atoms with E-state index < -0.39 is 0 Å². The summed E-state index contributed by atoms with van der Waals surface area (Å²) in [6.45, 7) is 0. The average molecular weight is 241 g/mol. The average Bonchev–Trinajstić information content (AvgIpc) is 2.64. The molecule has 0 aliphatic rings. The number of anilines is 1. The van der Waals surface area contributed by atoms with Crippen LogP contribution in [-0.2, 0) is 0 Å². The summed E-state index contributed by atoms with van der Waals surface area (Å²) in [4.78, 5) is 1.05. The van der Waals surface area contributed by atoms with Crippen LogP contribution in [0.25, 0.3) is 11.1 Å². The van der Waals surface area contributed by atoms with E-state index in [4.69, 9.17) is 21.9 Å². The van der Waals surface area contributed by atoms with Crippen LogP contribution in [0.5, 0.6) is 0 Å². The highest BCUT2D eigenvalue weighted by atomic mass is 35.5. The van der Waals surface area contributed by atoms with Crippen LogP contribution in [0.2, 0.25) is 5.02 Å². The molecule has 0 spiro atoms. The fraction of sp³-hybridized carbons (Fsp3) is 0.100. The maximum absolute atomic E-state index is 6.13. The van der Waals surface area contributed by atoms with Gasteiger partial charge in [0.2, 0.25) is 5.88 Å². The number of nitrogen functional groups attached to an aromatic ring is 1. The highest BCUT2D eigenvalue weighted by molar-refractivity contribution is 7.98. The normalized spacial score (nSPS) is 10.5. The number of hydrogen-bond acceptors (Lipinski definition) is 4. The van der Waals surface area contributed by atoms with Crippen molar-refractivity contribution in [2.45, 2.75) is 4.90 Å². The van der Waals surface area contributed by atoms with Gasteiger partial charge in [0.25, 0.3) is 0 Å². The van der Waals surface area contributed by atoms with E-state index in [1.807, 2.05) is 24.5 Å². The second-order valence-corrected chi connectivity index (χ2v) is 4.18. The van der Waals surface area contributed by atoms with Crippen LogP contribution in [0.4, 0.5) is 5.88 Å². The van der Waals surface area contributed by atoms with Gasteiger partial charge in [-0.2, -0.15) is 0 Å². The van der Waals surface area contributed by atoms with Crippen LogP contribution in [0.3, 0.4) is 0 Å². The molecular weight excluding hydrogens is 232 g/mol. The smallest absolute Gasteiger partial charge is 0.230 e. The summed E-state index contributed by atoms with van der Waals surface area (Å²) in [5.41, 5.74) is 7.29. The summed E-state index contributed by atoms with van der Waals surface area (Å²) < 4.78 is 4.83. The lowest BCUT2D eigenvalue weighted by atomic mass is 10.1. The van der Waals surface area contributed by atoms with E-state index in [1.54, 1.807) is 18.0 Å². The lowest BCUT2D eigenvalue weighted by Gasteiger charge is -2.07. The first kappa shape index (κ1) is 10.4. The molecule has 0 fully saturated rings. The van der Waals surface area contributed by atoms with E-state index in [-0.39, 0.29) is 0 Å². The Hall–Kier alpha value is -1.13. The van der Waals surface area contributed by atoms with Crippen molar-refractivity contribution in [1.82, 2.24) is 5.16 Å². The Morgan fingerprint density at radius 1 is 1.47 bits per heavy atom. The minimum atomic E-state index is 0.290. The molecule has 15 heavy (non-hydrogen) atoms. The van der Waals surface area contributed by atoms with E-state index in [9.17, 15) is 0 Å². The van der Waals surface area contributed by atoms with Gasteiger partial charge in [0.15, 0.2) is 0 Å². The van der Waals surface area contributed by atoms with Crippen molar-refractivity contribution in [2.75, 3.05) is 12.0 Å². The topological polar surface area (TPSA) is 52.0 Å². The standard InChI is InChI=1S/C10H9ClN2OS/c1-15-8-4-2-3-7(11)9(8)6-5-13-14-10(6)12/h2-5H,12H2,1H3. The van der Waals surface area contributed by atoms with Crippen LogP contribution >= 0.6 is 23.4 Å².